The molecule has 4 heterocycles. The molecular formula is C33H37N3O5. The first-order valence-corrected chi connectivity index (χ1v) is 14.5. The summed E-state index contributed by atoms with van der Waals surface area (Å²) in [5, 5.41) is 10.5. The van der Waals surface area contributed by atoms with Crippen molar-refractivity contribution in [3.8, 4) is 0 Å². The average Bonchev–Trinajstić information content (AvgIpc) is 3.29. The van der Waals surface area contributed by atoms with Crippen LogP contribution in [0.3, 0.4) is 0 Å². The fourth-order valence-electron chi connectivity index (χ4n) is 7.04. The number of fused-ring (bicyclic) bond motifs is 2. The van der Waals surface area contributed by atoms with Crippen molar-refractivity contribution in [2.45, 2.75) is 50.7 Å². The predicted octanol–water partition coefficient (Wildman–Crippen LogP) is 2.78. The first-order chi connectivity index (χ1) is 19.9. The lowest BCUT2D eigenvalue weighted by Gasteiger charge is -2.39. The number of ether oxygens (including phenoxy) is 1. The topological polar surface area (TPSA) is 90.4 Å². The van der Waals surface area contributed by atoms with E-state index in [4.69, 9.17) is 4.74 Å². The van der Waals surface area contributed by atoms with Crippen LogP contribution in [-0.4, -0.2) is 81.0 Å². The summed E-state index contributed by atoms with van der Waals surface area (Å²) >= 11 is 0. The lowest BCUT2D eigenvalue weighted by atomic mass is 9.77. The molecule has 214 valence electrons. The van der Waals surface area contributed by atoms with E-state index in [0.717, 1.165) is 11.1 Å². The Hall–Kier alpha value is -3.75. The summed E-state index contributed by atoms with van der Waals surface area (Å²) in [7, 11) is 0. The Bertz CT molecular complexity index is 1360. The van der Waals surface area contributed by atoms with Gasteiger partial charge in [0.25, 0.3) is 0 Å². The van der Waals surface area contributed by atoms with Crippen LogP contribution in [0.4, 0.5) is 0 Å². The van der Waals surface area contributed by atoms with Crippen LogP contribution in [0.25, 0.3) is 0 Å². The molecule has 1 N–H and O–H groups in total. The lowest BCUT2D eigenvalue weighted by molar-refractivity contribution is -0.152. The summed E-state index contributed by atoms with van der Waals surface area (Å²) in [4.78, 5) is 48.2. The largest absolute Gasteiger partial charge is 0.394 e. The van der Waals surface area contributed by atoms with E-state index in [1.54, 1.807) is 14.7 Å². The van der Waals surface area contributed by atoms with Crippen molar-refractivity contribution in [1.82, 2.24) is 14.7 Å². The molecule has 0 aromatic heterocycles. The summed E-state index contributed by atoms with van der Waals surface area (Å²) < 4.78 is 6.74. The van der Waals surface area contributed by atoms with Gasteiger partial charge in [-0.15, -0.1) is 0 Å². The summed E-state index contributed by atoms with van der Waals surface area (Å²) in [6.45, 7) is 5.13. The van der Waals surface area contributed by atoms with Crippen molar-refractivity contribution >= 4 is 17.7 Å². The number of aliphatic hydroxyl groups excluding tert-OH is 1. The summed E-state index contributed by atoms with van der Waals surface area (Å²) in [5.41, 5.74) is 0.666. The molecule has 0 saturated carbocycles. The minimum atomic E-state index is -1.31. The molecule has 0 bridgehead atoms. The second-order valence-electron chi connectivity index (χ2n) is 11.8. The molecule has 2 aromatic rings. The highest BCUT2D eigenvalue weighted by atomic mass is 16.5. The Balaban J connectivity index is 1.40. The van der Waals surface area contributed by atoms with Crippen LogP contribution in [0.2, 0.25) is 0 Å². The van der Waals surface area contributed by atoms with Gasteiger partial charge in [0.05, 0.1) is 30.6 Å². The minimum absolute atomic E-state index is 0.113. The molecule has 2 fully saturated rings. The van der Waals surface area contributed by atoms with E-state index in [-0.39, 0.29) is 30.2 Å². The molecule has 8 nitrogen and oxygen atoms in total. The van der Waals surface area contributed by atoms with E-state index in [1.807, 2.05) is 98.8 Å². The van der Waals surface area contributed by atoms with Gasteiger partial charge < -0.3 is 24.5 Å². The summed E-state index contributed by atoms with van der Waals surface area (Å²) in [6.07, 6.45) is 6.93. The maximum Gasteiger partial charge on any atom is 0.249 e. The van der Waals surface area contributed by atoms with Crippen molar-refractivity contribution in [2.24, 2.45) is 17.8 Å². The molecule has 3 amide bonds. The standard InChI is InChI=1S/C33H37N3O5/c1-22(2)25(21-37)36-29-32(40)35(20-24-13-7-4-8-14-24)18-10-16-33(29)28(31(36)39)27-26(41-33)15-9-17-34(30(27)38)19-23-11-5-3-6-12-23/h3-16,22,25-29,37H,17-21H2,1-2H3/t25-,26+,27-,28-,29?,33-/m0/s1. The SMILES string of the molecule is CC(C)[C@H](CO)N1C(=O)[C@@H]2[C@H]3C(=O)N(Cc4ccccc4)CC=C[C@H]3O[C@@]23C=CCN(Cc2ccccc2)C(=O)C13. The van der Waals surface area contributed by atoms with Crippen molar-refractivity contribution in [3.05, 3.63) is 96.1 Å². The first kappa shape index (κ1) is 27.4. The van der Waals surface area contributed by atoms with Crippen LogP contribution in [0.5, 0.6) is 0 Å². The fraction of sp³-hybridized carbons (Fsp3) is 0.424. The maximum atomic E-state index is 14.5. The quantitative estimate of drug-likeness (QED) is 0.531. The molecule has 1 unspecified atom stereocenters. The van der Waals surface area contributed by atoms with Gasteiger partial charge in [0.15, 0.2) is 0 Å². The first-order valence-electron chi connectivity index (χ1n) is 14.5. The van der Waals surface area contributed by atoms with Gasteiger partial charge in [-0.3, -0.25) is 14.4 Å². The fourth-order valence-corrected chi connectivity index (χ4v) is 7.04. The molecule has 6 atom stereocenters. The molecule has 8 heteroatoms. The Labute approximate surface area is 240 Å². The molecule has 2 saturated heterocycles. The molecule has 41 heavy (non-hydrogen) atoms. The number of likely N-dealkylation sites (tertiary alicyclic amines) is 1. The van der Waals surface area contributed by atoms with Gasteiger partial charge >= 0.3 is 0 Å². The van der Waals surface area contributed by atoms with E-state index >= 15 is 0 Å². The zero-order valence-corrected chi connectivity index (χ0v) is 23.5. The molecule has 4 aliphatic rings. The van der Waals surface area contributed by atoms with Gasteiger partial charge in [-0.1, -0.05) is 98.8 Å². The summed E-state index contributed by atoms with van der Waals surface area (Å²) in [5.74, 6) is -2.47. The van der Waals surface area contributed by atoms with Gasteiger partial charge in [0.2, 0.25) is 17.7 Å². The summed E-state index contributed by atoms with van der Waals surface area (Å²) in [6, 6.07) is 17.9. The molecule has 2 aromatic carbocycles. The second kappa shape index (κ2) is 10.9. The number of carbonyl (C=O) groups excluding carboxylic acids is 3. The Morgan fingerprint density at radius 3 is 2.02 bits per heavy atom. The molecule has 4 aliphatic heterocycles. The molecule has 0 aliphatic carbocycles. The van der Waals surface area contributed by atoms with Crippen molar-refractivity contribution in [1.29, 1.82) is 0 Å². The van der Waals surface area contributed by atoms with Gasteiger partial charge in [0, 0.05) is 26.2 Å². The Morgan fingerprint density at radius 1 is 0.854 bits per heavy atom. The Kier molecular flexibility index (Phi) is 7.30. The van der Waals surface area contributed by atoms with E-state index < -0.39 is 35.6 Å². The highest BCUT2D eigenvalue weighted by molar-refractivity contribution is 6.00. The van der Waals surface area contributed by atoms with Crippen LogP contribution in [0, 0.1) is 17.8 Å². The van der Waals surface area contributed by atoms with Crippen LogP contribution >= 0.6 is 0 Å². The van der Waals surface area contributed by atoms with Gasteiger partial charge in [-0.2, -0.15) is 0 Å². The number of amides is 3. The average molecular weight is 556 g/mol. The molecule has 6 rings (SSSR count). The van der Waals surface area contributed by atoms with Crippen molar-refractivity contribution in [2.75, 3.05) is 19.7 Å². The zero-order valence-electron chi connectivity index (χ0n) is 23.5. The van der Waals surface area contributed by atoms with Crippen LogP contribution in [-0.2, 0) is 32.2 Å². The van der Waals surface area contributed by atoms with Crippen LogP contribution in [0.1, 0.15) is 25.0 Å². The third-order valence-electron chi connectivity index (χ3n) is 9.01. The van der Waals surface area contributed by atoms with Crippen molar-refractivity contribution in [3.63, 3.8) is 0 Å². The number of hydrogen-bond acceptors (Lipinski definition) is 5. The highest BCUT2D eigenvalue weighted by Crippen LogP contribution is 2.54. The third-order valence-corrected chi connectivity index (χ3v) is 9.01. The number of carbonyl (C=O) groups is 3. The van der Waals surface area contributed by atoms with E-state index in [2.05, 4.69) is 0 Å². The second-order valence-corrected chi connectivity index (χ2v) is 11.8. The van der Waals surface area contributed by atoms with Gasteiger partial charge in [-0.05, 0) is 17.0 Å². The highest BCUT2D eigenvalue weighted by Gasteiger charge is 2.72. The number of aliphatic hydroxyl groups is 1. The number of hydrogen-bond donors (Lipinski definition) is 1. The lowest BCUT2D eigenvalue weighted by Crippen LogP contribution is -2.59. The number of nitrogens with zero attached hydrogens (tertiary/aromatic N) is 3. The number of benzene rings is 2. The van der Waals surface area contributed by atoms with Crippen LogP contribution < -0.4 is 0 Å². The number of rotatable bonds is 7. The smallest absolute Gasteiger partial charge is 0.249 e. The van der Waals surface area contributed by atoms with Crippen molar-refractivity contribution < 1.29 is 24.2 Å². The van der Waals surface area contributed by atoms with E-state index in [1.165, 1.54) is 0 Å². The predicted molar refractivity (Wildman–Crippen MR) is 153 cm³/mol. The van der Waals surface area contributed by atoms with Gasteiger partial charge in [-0.25, -0.2) is 0 Å². The normalized spacial score (nSPS) is 29.9. The molecule has 1 spiro atoms. The van der Waals surface area contributed by atoms with E-state index in [0.29, 0.717) is 26.2 Å². The van der Waals surface area contributed by atoms with Gasteiger partial charge in [0.1, 0.15) is 11.6 Å². The van der Waals surface area contributed by atoms with E-state index in [9.17, 15) is 19.5 Å². The minimum Gasteiger partial charge on any atom is -0.394 e. The molecule has 0 radical (unpaired) electrons. The Morgan fingerprint density at radius 2 is 1.44 bits per heavy atom. The third kappa shape index (κ3) is 4.59. The maximum absolute atomic E-state index is 14.5. The van der Waals surface area contributed by atoms with Crippen LogP contribution in [0.15, 0.2) is 85.0 Å². The zero-order chi connectivity index (χ0) is 28.7. The molecular weight excluding hydrogens is 518 g/mol. The monoisotopic (exact) mass is 555 g/mol.